The number of benzene rings is 1. The van der Waals surface area contributed by atoms with Gasteiger partial charge in [0, 0.05) is 23.1 Å². The Bertz CT molecular complexity index is 462. The van der Waals surface area contributed by atoms with Gasteiger partial charge in [0.25, 0.3) is 0 Å². The number of ketones is 1. The molecule has 1 N–H and O–H groups in total. The van der Waals surface area contributed by atoms with E-state index in [1.807, 2.05) is 0 Å². The van der Waals surface area contributed by atoms with Crippen molar-refractivity contribution in [2.24, 2.45) is 5.92 Å². The Balaban J connectivity index is 1.92. The number of hydrogen-bond acceptors (Lipinski definition) is 3. The normalized spacial score (nSPS) is 17.3. The van der Waals surface area contributed by atoms with Crippen molar-refractivity contribution in [2.45, 2.75) is 12.8 Å². The molecule has 1 aliphatic rings. The summed E-state index contributed by atoms with van der Waals surface area (Å²) in [5, 5.41) is 9.87. The number of carbonyl (C=O) groups excluding carboxylic acids is 1. The molecular weight excluding hydrogens is 262 g/mol. The van der Waals surface area contributed by atoms with Crippen molar-refractivity contribution in [3.8, 4) is 5.75 Å². The maximum Gasteiger partial charge on any atom is 0.166 e. The summed E-state index contributed by atoms with van der Waals surface area (Å²) >= 11 is 5.79. The van der Waals surface area contributed by atoms with E-state index in [0.717, 1.165) is 25.9 Å². The molecule has 0 radical (unpaired) electrons. The Kier molecular flexibility index (Phi) is 4.61. The highest BCUT2D eigenvalue weighted by Gasteiger charge is 2.25. The first-order chi connectivity index (χ1) is 9.06. The lowest BCUT2D eigenvalue weighted by Crippen LogP contribution is -2.36. The van der Waals surface area contributed by atoms with E-state index < -0.39 is 0 Å². The van der Waals surface area contributed by atoms with Crippen molar-refractivity contribution in [1.29, 1.82) is 0 Å². The zero-order valence-corrected chi connectivity index (χ0v) is 11.6. The molecule has 4 heteroatoms. The molecule has 1 saturated heterocycles. The standard InChI is InChI=1S/C15H18ClNO2/c1-11(16)10-17-8-6-13(7-9-17)15(19)12-2-4-14(18)5-3-12/h2-5,13,18H,1,6-10H2. The van der Waals surface area contributed by atoms with Gasteiger partial charge in [0.2, 0.25) is 0 Å². The van der Waals surface area contributed by atoms with Crippen LogP contribution in [0.4, 0.5) is 0 Å². The molecule has 0 saturated carbocycles. The fourth-order valence-corrected chi connectivity index (χ4v) is 2.63. The fourth-order valence-electron chi connectivity index (χ4n) is 2.46. The van der Waals surface area contributed by atoms with Crippen molar-refractivity contribution >= 4 is 17.4 Å². The van der Waals surface area contributed by atoms with Crippen molar-refractivity contribution < 1.29 is 9.90 Å². The van der Waals surface area contributed by atoms with Gasteiger partial charge in [0.15, 0.2) is 5.78 Å². The van der Waals surface area contributed by atoms with Crippen LogP contribution in [-0.2, 0) is 0 Å². The molecule has 0 bridgehead atoms. The number of phenolic OH excluding ortho intramolecular Hbond substituents is 1. The maximum absolute atomic E-state index is 12.3. The molecule has 1 aromatic carbocycles. The number of likely N-dealkylation sites (tertiary alicyclic amines) is 1. The van der Waals surface area contributed by atoms with Gasteiger partial charge in [-0.15, -0.1) is 0 Å². The lowest BCUT2D eigenvalue weighted by Gasteiger charge is -2.30. The van der Waals surface area contributed by atoms with Gasteiger partial charge in [-0.3, -0.25) is 9.69 Å². The molecule has 0 aromatic heterocycles. The van der Waals surface area contributed by atoms with Crippen LogP contribution in [0.15, 0.2) is 35.9 Å². The third-order valence-electron chi connectivity index (χ3n) is 3.51. The fraction of sp³-hybridized carbons (Fsp3) is 0.400. The molecule has 0 unspecified atom stereocenters. The summed E-state index contributed by atoms with van der Waals surface area (Å²) in [7, 11) is 0. The summed E-state index contributed by atoms with van der Waals surface area (Å²) in [5.41, 5.74) is 0.679. The number of halogens is 1. The highest BCUT2D eigenvalue weighted by molar-refractivity contribution is 6.29. The van der Waals surface area contributed by atoms with E-state index in [1.54, 1.807) is 24.3 Å². The minimum Gasteiger partial charge on any atom is -0.508 e. The molecule has 1 aliphatic heterocycles. The molecule has 2 rings (SSSR count). The van der Waals surface area contributed by atoms with E-state index >= 15 is 0 Å². The first-order valence-electron chi connectivity index (χ1n) is 6.45. The second-order valence-corrected chi connectivity index (χ2v) is 5.51. The summed E-state index contributed by atoms with van der Waals surface area (Å²) in [6, 6.07) is 6.48. The van der Waals surface area contributed by atoms with Crippen LogP contribution in [0, 0.1) is 5.92 Å². The van der Waals surface area contributed by atoms with Crippen LogP contribution in [0.25, 0.3) is 0 Å². The van der Waals surface area contributed by atoms with E-state index in [2.05, 4.69) is 11.5 Å². The summed E-state index contributed by atoms with van der Waals surface area (Å²) in [5.74, 6) is 0.431. The van der Waals surface area contributed by atoms with E-state index in [1.165, 1.54) is 0 Å². The second kappa shape index (κ2) is 6.22. The minimum absolute atomic E-state index is 0.0735. The number of piperidine rings is 1. The molecule has 0 amide bonds. The molecule has 3 nitrogen and oxygen atoms in total. The van der Waals surface area contributed by atoms with Gasteiger partial charge < -0.3 is 5.11 Å². The first-order valence-corrected chi connectivity index (χ1v) is 6.83. The van der Waals surface area contributed by atoms with Crippen LogP contribution in [0.3, 0.4) is 0 Å². The van der Waals surface area contributed by atoms with Crippen molar-refractivity contribution in [3.63, 3.8) is 0 Å². The van der Waals surface area contributed by atoms with Crippen LogP contribution in [0.1, 0.15) is 23.2 Å². The monoisotopic (exact) mass is 279 g/mol. The number of Topliss-reactive ketones (excluding diaryl/α,β-unsaturated/α-hetero) is 1. The van der Waals surface area contributed by atoms with E-state index in [0.29, 0.717) is 17.1 Å². The van der Waals surface area contributed by atoms with E-state index in [-0.39, 0.29) is 17.5 Å². The SMILES string of the molecule is C=C(Cl)CN1CCC(C(=O)c2ccc(O)cc2)CC1. The minimum atomic E-state index is 0.0735. The Morgan fingerprint density at radius 1 is 1.32 bits per heavy atom. The van der Waals surface area contributed by atoms with Gasteiger partial charge in [0.05, 0.1) is 0 Å². The molecule has 1 heterocycles. The zero-order valence-electron chi connectivity index (χ0n) is 10.8. The number of hydrogen-bond donors (Lipinski definition) is 1. The largest absolute Gasteiger partial charge is 0.508 e. The molecule has 0 aliphatic carbocycles. The molecule has 1 aromatic rings. The number of nitrogens with zero attached hydrogens (tertiary/aromatic N) is 1. The molecule has 102 valence electrons. The van der Waals surface area contributed by atoms with E-state index in [9.17, 15) is 9.90 Å². The quantitative estimate of drug-likeness (QED) is 0.861. The summed E-state index contributed by atoms with van der Waals surface area (Å²) in [6.45, 7) is 6.14. The van der Waals surface area contributed by atoms with Gasteiger partial charge in [-0.25, -0.2) is 0 Å². The number of rotatable bonds is 4. The number of aromatic hydroxyl groups is 1. The van der Waals surface area contributed by atoms with Crippen LogP contribution in [-0.4, -0.2) is 35.4 Å². The average molecular weight is 280 g/mol. The third kappa shape index (κ3) is 3.82. The van der Waals surface area contributed by atoms with Gasteiger partial charge >= 0.3 is 0 Å². The topological polar surface area (TPSA) is 40.5 Å². The highest BCUT2D eigenvalue weighted by atomic mass is 35.5. The van der Waals surface area contributed by atoms with Gasteiger partial charge in [-0.05, 0) is 50.2 Å². The molecule has 1 fully saturated rings. The number of carbonyl (C=O) groups is 1. The summed E-state index contributed by atoms with van der Waals surface area (Å²) in [6.07, 6.45) is 1.70. The van der Waals surface area contributed by atoms with Gasteiger partial charge in [-0.1, -0.05) is 18.2 Å². The Morgan fingerprint density at radius 3 is 2.42 bits per heavy atom. The molecule has 0 spiro atoms. The molecule has 19 heavy (non-hydrogen) atoms. The van der Waals surface area contributed by atoms with Crippen molar-refractivity contribution in [2.75, 3.05) is 19.6 Å². The first kappa shape index (κ1) is 14.1. The van der Waals surface area contributed by atoms with Gasteiger partial charge in [0.1, 0.15) is 5.75 Å². The second-order valence-electron chi connectivity index (χ2n) is 4.98. The smallest absolute Gasteiger partial charge is 0.166 e. The predicted molar refractivity (Wildman–Crippen MR) is 76.6 cm³/mol. The lowest BCUT2D eigenvalue weighted by molar-refractivity contribution is 0.0848. The third-order valence-corrected chi connectivity index (χ3v) is 3.62. The Labute approximate surface area is 118 Å². The molecule has 0 atom stereocenters. The van der Waals surface area contributed by atoms with Crippen LogP contribution < -0.4 is 0 Å². The summed E-state index contributed by atoms with van der Waals surface area (Å²) < 4.78 is 0. The Hall–Kier alpha value is -1.32. The average Bonchev–Trinajstić information content (AvgIpc) is 2.39. The zero-order chi connectivity index (χ0) is 13.8. The highest BCUT2D eigenvalue weighted by Crippen LogP contribution is 2.23. The lowest BCUT2D eigenvalue weighted by atomic mass is 9.89. The van der Waals surface area contributed by atoms with Crippen LogP contribution in [0.2, 0.25) is 0 Å². The van der Waals surface area contributed by atoms with Crippen molar-refractivity contribution in [3.05, 3.63) is 41.4 Å². The van der Waals surface area contributed by atoms with Crippen LogP contribution >= 0.6 is 11.6 Å². The van der Waals surface area contributed by atoms with E-state index in [4.69, 9.17) is 11.6 Å². The maximum atomic E-state index is 12.3. The van der Waals surface area contributed by atoms with Crippen molar-refractivity contribution in [1.82, 2.24) is 4.90 Å². The van der Waals surface area contributed by atoms with Gasteiger partial charge in [-0.2, -0.15) is 0 Å². The molecular formula is C15H18ClNO2. The predicted octanol–water partition coefficient (Wildman–Crippen LogP) is 3.04. The van der Waals surface area contributed by atoms with Crippen LogP contribution in [0.5, 0.6) is 5.75 Å². The number of phenols is 1. The summed E-state index contributed by atoms with van der Waals surface area (Å²) in [4.78, 5) is 14.5. The Morgan fingerprint density at radius 2 is 1.89 bits per heavy atom.